The van der Waals surface area contributed by atoms with E-state index in [9.17, 15) is 4.79 Å². The molecule has 3 rings (SSSR count). The van der Waals surface area contributed by atoms with Gasteiger partial charge in [-0.25, -0.2) is 0 Å². The van der Waals surface area contributed by atoms with Crippen molar-refractivity contribution in [1.82, 2.24) is 10.2 Å². The van der Waals surface area contributed by atoms with Crippen molar-refractivity contribution in [3.05, 3.63) is 34.9 Å². The first-order chi connectivity index (χ1) is 10.2. The Morgan fingerprint density at radius 1 is 1.24 bits per heavy atom. The molecule has 1 amide bonds. The molecule has 1 aromatic carbocycles. The first-order valence-corrected chi connectivity index (χ1v) is 7.60. The fourth-order valence-electron chi connectivity index (χ4n) is 2.66. The van der Waals surface area contributed by atoms with Crippen LogP contribution < -0.4 is 5.32 Å². The molecular formula is C15H19ClN2O3. The van der Waals surface area contributed by atoms with Gasteiger partial charge in [-0.05, 0) is 17.7 Å². The van der Waals surface area contributed by atoms with Gasteiger partial charge in [0.1, 0.15) is 12.2 Å². The molecule has 0 saturated carbocycles. The summed E-state index contributed by atoms with van der Waals surface area (Å²) in [5.41, 5.74) is 1.04. The molecule has 2 aliphatic heterocycles. The van der Waals surface area contributed by atoms with E-state index in [1.165, 1.54) is 0 Å². The fraction of sp³-hybridized carbons (Fsp3) is 0.533. The second kappa shape index (κ2) is 6.75. The van der Waals surface area contributed by atoms with Gasteiger partial charge in [0, 0.05) is 24.7 Å². The Kier molecular flexibility index (Phi) is 4.75. The lowest BCUT2D eigenvalue weighted by Gasteiger charge is -2.36. The molecule has 0 radical (unpaired) electrons. The van der Waals surface area contributed by atoms with E-state index in [2.05, 4.69) is 5.32 Å². The van der Waals surface area contributed by atoms with E-state index in [-0.39, 0.29) is 18.1 Å². The Morgan fingerprint density at radius 2 is 2.05 bits per heavy atom. The van der Waals surface area contributed by atoms with Crippen LogP contribution in [0.1, 0.15) is 11.7 Å². The first kappa shape index (κ1) is 14.8. The number of ether oxygens (including phenoxy) is 2. The van der Waals surface area contributed by atoms with Crippen molar-refractivity contribution in [2.24, 2.45) is 0 Å². The van der Waals surface area contributed by atoms with E-state index < -0.39 is 0 Å². The highest BCUT2D eigenvalue weighted by Crippen LogP contribution is 2.24. The Morgan fingerprint density at radius 3 is 2.76 bits per heavy atom. The number of morpholine rings is 2. The molecule has 2 fully saturated rings. The van der Waals surface area contributed by atoms with Gasteiger partial charge in [0.2, 0.25) is 0 Å². The molecule has 0 aromatic heterocycles. The maximum absolute atomic E-state index is 12.5. The molecule has 0 spiro atoms. The number of rotatable bonds is 2. The molecule has 2 heterocycles. The molecule has 21 heavy (non-hydrogen) atoms. The van der Waals surface area contributed by atoms with Crippen LogP contribution in [0, 0.1) is 0 Å². The van der Waals surface area contributed by atoms with Crippen molar-refractivity contribution in [3.63, 3.8) is 0 Å². The summed E-state index contributed by atoms with van der Waals surface area (Å²) in [5, 5.41) is 3.88. The summed E-state index contributed by atoms with van der Waals surface area (Å²) in [5.74, 6) is 0.0458. The zero-order valence-electron chi connectivity index (χ0n) is 11.8. The summed E-state index contributed by atoms with van der Waals surface area (Å²) in [6.07, 6.45) is -0.473. The Hall–Kier alpha value is -1.14. The molecular weight excluding hydrogens is 292 g/mol. The summed E-state index contributed by atoms with van der Waals surface area (Å²) in [4.78, 5) is 14.3. The Bertz CT molecular complexity index is 488. The summed E-state index contributed by atoms with van der Waals surface area (Å²) in [6.45, 7) is 3.69. The van der Waals surface area contributed by atoms with E-state index in [1.54, 1.807) is 0 Å². The molecule has 114 valence electrons. The number of benzene rings is 1. The van der Waals surface area contributed by atoms with Crippen molar-refractivity contribution >= 4 is 17.5 Å². The van der Waals surface area contributed by atoms with Crippen LogP contribution in [0.2, 0.25) is 5.02 Å². The van der Waals surface area contributed by atoms with Crippen molar-refractivity contribution in [1.29, 1.82) is 0 Å². The molecule has 2 aliphatic rings. The largest absolute Gasteiger partial charge is 0.370 e. The molecule has 0 bridgehead atoms. The van der Waals surface area contributed by atoms with Crippen LogP contribution >= 0.6 is 11.6 Å². The molecule has 2 saturated heterocycles. The molecule has 6 heteroatoms. The molecule has 1 N–H and O–H groups in total. The second-order valence-electron chi connectivity index (χ2n) is 5.26. The second-order valence-corrected chi connectivity index (χ2v) is 5.70. The van der Waals surface area contributed by atoms with Gasteiger partial charge in [-0.3, -0.25) is 4.79 Å². The topological polar surface area (TPSA) is 50.8 Å². The third kappa shape index (κ3) is 3.55. The quantitative estimate of drug-likeness (QED) is 0.892. The number of nitrogens with one attached hydrogen (secondary N) is 1. The maximum Gasteiger partial charge on any atom is 0.253 e. The van der Waals surface area contributed by atoms with Crippen molar-refractivity contribution in [2.45, 2.75) is 12.2 Å². The van der Waals surface area contributed by atoms with Crippen LogP contribution in [0.25, 0.3) is 0 Å². The lowest BCUT2D eigenvalue weighted by molar-refractivity contribution is -0.152. The number of halogens is 1. The highest BCUT2D eigenvalue weighted by Gasteiger charge is 2.31. The highest BCUT2D eigenvalue weighted by atomic mass is 35.5. The lowest BCUT2D eigenvalue weighted by Crippen LogP contribution is -2.52. The third-order valence-corrected chi connectivity index (χ3v) is 4.07. The third-order valence-electron chi connectivity index (χ3n) is 3.82. The zero-order chi connectivity index (χ0) is 14.7. The number of hydrogen-bond donors (Lipinski definition) is 1. The van der Waals surface area contributed by atoms with Gasteiger partial charge >= 0.3 is 0 Å². The van der Waals surface area contributed by atoms with Crippen LogP contribution in [-0.2, 0) is 14.3 Å². The van der Waals surface area contributed by atoms with Gasteiger partial charge in [0.15, 0.2) is 0 Å². The van der Waals surface area contributed by atoms with E-state index in [1.807, 2.05) is 29.2 Å². The van der Waals surface area contributed by atoms with Crippen LogP contribution in [0.3, 0.4) is 0 Å². The van der Waals surface area contributed by atoms with E-state index >= 15 is 0 Å². The van der Waals surface area contributed by atoms with Crippen LogP contribution in [0.15, 0.2) is 24.3 Å². The van der Waals surface area contributed by atoms with E-state index in [0.29, 0.717) is 37.9 Å². The van der Waals surface area contributed by atoms with E-state index in [0.717, 1.165) is 12.1 Å². The number of nitrogens with zero attached hydrogens (tertiary/aromatic N) is 1. The minimum Gasteiger partial charge on any atom is -0.370 e. The number of amides is 1. The van der Waals surface area contributed by atoms with Gasteiger partial charge in [0.25, 0.3) is 5.91 Å². The van der Waals surface area contributed by atoms with Gasteiger partial charge in [-0.15, -0.1) is 0 Å². The summed E-state index contributed by atoms with van der Waals surface area (Å²) < 4.78 is 11.3. The molecule has 2 atom stereocenters. The zero-order valence-corrected chi connectivity index (χ0v) is 12.5. The number of carbonyl (C=O) groups is 1. The monoisotopic (exact) mass is 310 g/mol. The molecule has 0 aliphatic carbocycles. The van der Waals surface area contributed by atoms with E-state index in [4.69, 9.17) is 21.1 Å². The average molecular weight is 311 g/mol. The highest BCUT2D eigenvalue weighted by molar-refractivity contribution is 6.30. The number of hydrogen-bond acceptors (Lipinski definition) is 4. The average Bonchev–Trinajstić information content (AvgIpc) is 2.56. The predicted octanol–water partition coefficient (Wildman–Crippen LogP) is 1.23. The normalized spacial score (nSPS) is 26.6. The maximum atomic E-state index is 12.5. The molecule has 5 nitrogen and oxygen atoms in total. The standard InChI is InChI=1S/C15H19ClN2O3/c16-12-3-1-11(2-4-12)14-10-18(6-8-21-14)15(19)13-9-17-5-7-20-13/h1-4,13-14,17H,5-10H2. The van der Waals surface area contributed by atoms with Gasteiger partial charge in [0.05, 0.1) is 19.8 Å². The van der Waals surface area contributed by atoms with Crippen molar-refractivity contribution in [3.8, 4) is 0 Å². The van der Waals surface area contributed by atoms with Crippen LogP contribution in [0.5, 0.6) is 0 Å². The van der Waals surface area contributed by atoms with Crippen LogP contribution in [-0.4, -0.2) is 56.3 Å². The summed E-state index contributed by atoms with van der Waals surface area (Å²) in [6, 6.07) is 7.57. The summed E-state index contributed by atoms with van der Waals surface area (Å²) in [7, 11) is 0. The van der Waals surface area contributed by atoms with Gasteiger partial charge < -0.3 is 19.7 Å². The lowest BCUT2D eigenvalue weighted by atomic mass is 10.1. The SMILES string of the molecule is O=C(C1CNCCO1)N1CCOC(c2ccc(Cl)cc2)C1. The number of carbonyl (C=O) groups excluding carboxylic acids is 1. The van der Waals surface area contributed by atoms with Crippen molar-refractivity contribution in [2.75, 3.05) is 39.4 Å². The fourth-order valence-corrected chi connectivity index (χ4v) is 2.78. The first-order valence-electron chi connectivity index (χ1n) is 7.22. The Balaban J connectivity index is 1.64. The minimum absolute atomic E-state index is 0.0458. The van der Waals surface area contributed by atoms with Gasteiger partial charge in [-0.2, -0.15) is 0 Å². The molecule has 1 aromatic rings. The Labute approximate surface area is 129 Å². The summed E-state index contributed by atoms with van der Waals surface area (Å²) >= 11 is 5.90. The smallest absolute Gasteiger partial charge is 0.253 e. The molecule has 2 unspecified atom stereocenters. The van der Waals surface area contributed by atoms with Crippen molar-refractivity contribution < 1.29 is 14.3 Å². The minimum atomic E-state index is -0.372. The predicted molar refractivity (Wildman–Crippen MR) is 79.3 cm³/mol. The van der Waals surface area contributed by atoms with Crippen LogP contribution in [0.4, 0.5) is 0 Å². The van der Waals surface area contributed by atoms with Gasteiger partial charge in [-0.1, -0.05) is 23.7 Å².